The lowest BCUT2D eigenvalue weighted by atomic mass is 9.73. The van der Waals surface area contributed by atoms with Crippen LogP contribution in [0.5, 0.6) is 0 Å². The Balaban J connectivity index is 1.58. The lowest BCUT2D eigenvalue weighted by molar-refractivity contribution is -0.149. The number of carbonyl (C=O) groups excluding carboxylic acids is 3. The fourth-order valence-corrected chi connectivity index (χ4v) is 7.18. The molecule has 0 aromatic heterocycles. The average Bonchev–Trinajstić information content (AvgIpc) is 3.25. The van der Waals surface area contributed by atoms with Crippen LogP contribution < -0.4 is 9.80 Å². The van der Waals surface area contributed by atoms with E-state index >= 15 is 0 Å². The van der Waals surface area contributed by atoms with Gasteiger partial charge in [-0.2, -0.15) is 0 Å². The fraction of sp³-hybridized carbons (Fsp3) is 0.581. The highest BCUT2D eigenvalue weighted by Gasteiger charge is 2.75. The molecule has 3 amide bonds. The van der Waals surface area contributed by atoms with Crippen molar-refractivity contribution in [2.75, 3.05) is 56.2 Å². The molecule has 0 radical (unpaired) electrons. The molecule has 9 nitrogen and oxygen atoms in total. The van der Waals surface area contributed by atoms with Gasteiger partial charge >= 0.3 is 0 Å². The zero-order valence-electron chi connectivity index (χ0n) is 24.1. The molecule has 1 spiro atoms. The van der Waals surface area contributed by atoms with Crippen LogP contribution in [-0.2, 0) is 19.1 Å². The second-order valence-electron chi connectivity index (χ2n) is 11.2. The van der Waals surface area contributed by atoms with E-state index in [1.165, 1.54) is 0 Å². The molecular weight excluding hydrogens is 508 g/mol. The highest BCUT2D eigenvalue weighted by molar-refractivity contribution is 6.06. The first-order valence-corrected chi connectivity index (χ1v) is 14.7. The minimum atomic E-state index is -1.26. The molecule has 5 atom stereocenters. The first-order chi connectivity index (χ1) is 19.3. The van der Waals surface area contributed by atoms with Crippen molar-refractivity contribution in [2.45, 2.75) is 57.3 Å². The molecule has 40 heavy (non-hydrogen) atoms. The summed E-state index contributed by atoms with van der Waals surface area (Å²) in [6, 6.07) is 7.05. The monoisotopic (exact) mass is 550 g/mol. The molecule has 1 aromatic rings. The van der Waals surface area contributed by atoms with Crippen LogP contribution in [0.3, 0.4) is 0 Å². The summed E-state index contributed by atoms with van der Waals surface area (Å²) in [5, 5.41) is 9.42. The van der Waals surface area contributed by atoms with Crippen molar-refractivity contribution in [3.8, 4) is 0 Å². The summed E-state index contributed by atoms with van der Waals surface area (Å²) in [6.45, 7) is 9.07. The molecule has 4 aliphatic rings. The highest BCUT2D eigenvalue weighted by Crippen LogP contribution is 2.58. The molecule has 1 unspecified atom stereocenters. The van der Waals surface area contributed by atoms with Crippen LogP contribution in [-0.4, -0.2) is 96.3 Å². The Morgan fingerprint density at radius 2 is 1.62 bits per heavy atom. The van der Waals surface area contributed by atoms with E-state index in [-0.39, 0.29) is 24.3 Å². The van der Waals surface area contributed by atoms with E-state index in [9.17, 15) is 19.5 Å². The second-order valence-corrected chi connectivity index (χ2v) is 11.2. The number of likely N-dealkylation sites (tertiary alicyclic amines) is 1. The van der Waals surface area contributed by atoms with Crippen molar-refractivity contribution in [1.29, 1.82) is 0 Å². The van der Waals surface area contributed by atoms with Crippen molar-refractivity contribution in [3.63, 3.8) is 0 Å². The maximum absolute atomic E-state index is 14.5. The third-order valence-electron chi connectivity index (χ3n) is 9.24. The van der Waals surface area contributed by atoms with E-state index in [0.717, 1.165) is 24.5 Å². The Hall–Kier alpha value is -3.17. The number of rotatable bonds is 9. The van der Waals surface area contributed by atoms with E-state index in [4.69, 9.17) is 4.74 Å². The molecule has 4 aliphatic heterocycles. The van der Waals surface area contributed by atoms with Crippen LogP contribution in [0.4, 0.5) is 11.4 Å². The van der Waals surface area contributed by atoms with E-state index in [0.29, 0.717) is 38.9 Å². The molecule has 2 fully saturated rings. The van der Waals surface area contributed by atoms with Crippen LogP contribution in [0.25, 0.3) is 0 Å². The Bertz CT molecular complexity index is 1190. The quantitative estimate of drug-likeness (QED) is 0.375. The van der Waals surface area contributed by atoms with Gasteiger partial charge in [0.05, 0.1) is 17.4 Å². The van der Waals surface area contributed by atoms with Crippen molar-refractivity contribution in [3.05, 3.63) is 48.6 Å². The lowest BCUT2D eigenvalue weighted by Gasteiger charge is -2.38. The standard InChI is InChI=1S/C31H42N4O5/c1-5-30-16-10-18-32(4)27(37)24(30)25-28(38)35(19-8-9-21-36)26-29(39)34(20-11-17-31(25,26)40-30)23-14-12-22(13-15-23)33(6-2)7-3/h10-17,24-26,36H,5-9,18-21H2,1-4H3/t24-,25-,26?,30+,31-/m0/s1. The topological polar surface area (TPSA) is 93.6 Å². The number of hydrogen-bond acceptors (Lipinski definition) is 6. The number of likely N-dealkylation sites (N-methyl/N-ethyl adjacent to an activating group) is 1. The van der Waals surface area contributed by atoms with Crippen LogP contribution in [0.2, 0.25) is 0 Å². The number of nitrogens with zero attached hydrogens (tertiary/aromatic N) is 4. The highest BCUT2D eigenvalue weighted by atomic mass is 16.5. The summed E-state index contributed by atoms with van der Waals surface area (Å²) in [4.78, 5) is 49.8. The Labute approximate surface area is 237 Å². The maximum atomic E-state index is 14.5. The number of ether oxygens (including phenoxy) is 1. The third-order valence-corrected chi connectivity index (χ3v) is 9.24. The Morgan fingerprint density at radius 3 is 2.27 bits per heavy atom. The van der Waals surface area contributed by atoms with Crippen molar-refractivity contribution in [1.82, 2.24) is 9.80 Å². The Morgan fingerprint density at radius 1 is 0.925 bits per heavy atom. The summed E-state index contributed by atoms with van der Waals surface area (Å²) in [7, 11) is 1.75. The van der Waals surface area contributed by atoms with E-state index < -0.39 is 29.1 Å². The first-order valence-electron chi connectivity index (χ1n) is 14.7. The number of anilines is 2. The van der Waals surface area contributed by atoms with Gasteiger partial charge in [-0.25, -0.2) is 0 Å². The van der Waals surface area contributed by atoms with Crippen molar-refractivity contribution >= 4 is 29.1 Å². The van der Waals surface area contributed by atoms with Gasteiger partial charge < -0.3 is 29.4 Å². The number of aliphatic hydroxyl groups excluding tert-OH is 1. The number of amides is 3. The lowest BCUT2D eigenvalue weighted by Crippen LogP contribution is -2.56. The number of unbranched alkanes of at least 4 members (excludes halogenated alkanes) is 1. The minimum absolute atomic E-state index is 0.00623. The average molecular weight is 551 g/mol. The van der Waals surface area contributed by atoms with Gasteiger partial charge in [-0.3, -0.25) is 14.4 Å². The zero-order chi connectivity index (χ0) is 28.7. The smallest absolute Gasteiger partial charge is 0.253 e. The third kappa shape index (κ3) is 4.25. The van der Waals surface area contributed by atoms with Gasteiger partial charge in [0, 0.05) is 57.8 Å². The second kappa shape index (κ2) is 11.0. The summed E-state index contributed by atoms with van der Waals surface area (Å²) in [5.41, 5.74) is -0.393. The van der Waals surface area contributed by atoms with Crippen LogP contribution >= 0.6 is 0 Å². The normalized spacial score (nSPS) is 31.3. The van der Waals surface area contributed by atoms with Gasteiger partial charge in [-0.15, -0.1) is 0 Å². The molecule has 216 valence electrons. The van der Waals surface area contributed by atoms with Crippen molar-refractivity contribution in [2.24, 2.45) is 11.8 Å². The van der Waals surface area contributed by atoms with Gasteiger partial charge in [0.1, 0.15) is 11.6 Å². The predicted molar refractivity (Wildman–Crippen MR) is 154 cm³/mol. The number of carbonyl (C=O) groups is 3. The van der Waals surface area contributed by atoms with Crippen LogP contribution in [0.1, 0.15) is 40.0 Å². The molecule has 1 aromatic carbocycles. The van der Waals surface area contributed by atoms with E-state index in [2.05, 4.69) is 18.7 Å². The molecular formula is C31H42N4O5. The predicted octanol–water partition coefficient (Wildman–Crippen LogP) is 2.60. The van der Waals surface area contributed by atoms with Gasteiger partial charge in [0.2, 0.25) is 11.8 Å². The molecule has 0 bridgehead atoms. The number of benzene rings is 1. The first kappa shape index (κ1) is 28.4. The SMILES string of the molecule is CCN(CC)c1ccc(N2CC=C[C@]34O[C@]5(CC)C=CCN(C)C(=O)[C@@H]5[C@H]3C(=O)N(CCCCO)C4C2=O)cc1. The van der Waals surface area contributed by atoms with Gasteiger partial charge in [-0.1, -0.05) is 31.2 Å². The summed E-state index contributed by atoms with van der Waals surface area (Å²) in [6.07, 6.45) is 9.26. The molecule has 0 aliphatic carbocycles. The van der Waals surface area contributed by atoms with E-state index in [1.54, 1.807) is 21.7 Å². The summed E-state index contributed by atoms with van der Waals surface area (Å²) < 4.78 is 6.95. The number of hydrogen-bond donors (Lipinski definition) is 1. The fourth-order valence-electron chi connectivity index (χ4n) is 7.18. The largest absolute Gasteiger partial charge is 0.396 e. The van der Waals surface area contributed by atoms with Crippen molar-refractivity contribution < 1.29 is 24.2 Å². The molecule has 0 saturated carbocycles. The van der Waals surface area contributed by atoms with Crippen LogP contribution in [0, 0.1) is 11.8 Å². The van der Waals surface area contributed by atoms with Gasteiger partial charge in [0.25, 0.3) is 5.91 Å². The molecule has 9 heteroatoms. The van der Waals surface area contributed by atoms with Gasteiger partial charge in [-0.05, 0) is 57.4 Å². The van der Waals surface area contributed by atoms with Gasteiger partial charge in [0.15, 0.2) is 0 Å². The molecule has 1 N–H and O–H groups in total. The molecule has 2 saturated heterocycles. The number of fused-ring (bicyclic) bond motifs is 2. The molecule has 5 rings (SSSR count). The minimum Gasteiger partial charge on any atom is -0.396 e. The summed E-state index contributed by atoms with van der Waals surface area (Å²) >= 11 is 0. The number of aliphatic hydroxyl groups is 1. The maximum Gasteiger partial charge on any atom is 0.253 e. The molecule has 4 heterocycles. The van der Waals surface area contributed by atoms with E-state index in [1.807, 2.05) is 55.5 Å². The van der Waals surface area contributed by atoms with Crippen LogP contribution in [0.15, 0.2) is 48.6 Å². The summed E-state index contributed by atoms with van der Waals surface area (Å²) in [5.74, 6) is -2.11. The zero-order valence-corrected chi connectivity index (χ0v) is 24.1. The Kier molecular flexibility index (Phi) is 7.81.